The standard InChI is InChI=1S/C13H14FN3O2/c1-3-17-13(15-8-16-17)7-19-12-6-10(14)4-5-11(12)9(2)18/h4-6,8H,3,7H2,1-2H3. The predicted molar refractivity (Wildman–Crippen MR) is 66.4 cm³/mol. The van der Waals surface area contributed by atoms with E-state index in [1.165, 1.54) is 31.5 Å². The Morgan fingerprint density at radius 1 is 1.47 bits per heavy atom. The van der Waals surface area contributed by atoms with Crippen molar-refractivity contribution >= 4 is 5.78 Å². The summed E-state index contributed by atoms with van der Waals surface area (Å²) in [5, 5.41) is 4.01. The highest BCUT2D eigenvalue weighted by Crippen LogP contribution is 2.21. The van der Waals surface area contributed by atoms with Crippen molar-refractivity contribution in [2.24, 2.45) is 0 Å². The summed E-state index contributed by atoms with van der Waals surface area (Å²) in [6, 6.07) is 3.85. The summed E-state index contributed by atoms with van der Waals surface area (Å²) < 4.78 is 20.4. The first-order valence-corrected chi connectivity index (χ1v) is 5.91. The number of aryl methyl sites for hydroxylation is 1. The molecule has 0 radical (unpaired) electrons. The van der Waals surface area contributed by atoms with E-state index in [1.807, 2.05) is 6.92 Å². The van der Waals surface area contributed by atoms with Gasteiger partial charge in [-0.05, 0) is 26.0 Å². The first-order valence-electron chi connectivity index (χ1n) is 5.91. The number of ether oxygens (including phenoxy) is 1. The molecule has 0 saturated carbocycles. The van der Waals surface area contributed by atoms with Gasteiger partial charge in [0.2, 0.25) is 0 Å². The van der Waals surface area contributed by atoms with E-state index in [2.05, 4.69) is 10.1 Å². The zero-order chi connectivity index (χ0) is 13.8. The molecule has 0 spiro atoms. The number of halogens is 1. The van der Waals surface area contributed by atoms with E-state index in [-0.39, 0.29) is 18.1 Å². The molecule has 0 aliphatic carbocycles. The van der Waals surface area contributed by atoms with E-state index in [1.54, 1.807) is 4.68 Å². The molecule has 0 atom stereocenters. The summed E-state index contributed by atoms with van der Waals surface area (Å²) in [4.78, 5) is 15.5. The van der Waals surface area contributed by atoms with Crippen molar-refractivity contribution < 1.29 is 13.9 Å². The Kier molecular flexibility index (Phi) is 3.89. The van der Waals surface area contributed by atoms with Crippen LogP contribution in [0.25, 0.3) is 0 Å². The summed E-state index contributed by atoms with van der Waals surface area (Å²) in [6.07, 6.45) is 1.43. The SMILES string of the molecule is CCn1ncnc1COc1cc(F)ccc1C(C)=O. The molecule has 2 aromatic rings. The summed E-state index contributed by atoms with van der Waals surface area (Å²) >= 11 is 0. The molecule has 0 bridgehead atoms. The first kappa shape index (κ1) is 13.2. The highest BCUT2D eigenvalue weighted by atomic mass is 19.1. The largest absolute Gasteiger partial charge is 0.485 e. The molecule has 0 fully saturated rings. The Morgan fingerprint density at radius 3 is 2.95 bits per heavy atom. The molecule has 100 valence electrons. The van der Waals surface area contributed by atoms with Gasteiger partial charge >= 0.3 is 0 Å². The second-order valence-electron chi connectivity index (χ2n) is 3.98. The van der Waals surface area contributed by atoms with Gasteiger partial charge in [0.05, 0.1) is 5.56 Å². The highest BCUT2D eigenvalue weighted by Gasteiger charge is 2.11. The Labute approximate surface area is 110 Å². The Bertz CT molecular complexity index is 595. The topological polar surface area (TPSA) is 57.0 Å². The number of hydrogen-bond acceptors (Lipinski definition) is 4. The average molecular weight is 263 g/mol. The van der Waals surface area contributed by atoms with Crippen molar-refractivity contribution in [1.82, 2.24) is 14.8 Å². The molecule has 0 unspecified atom stereocenters. The minimum absolute atomic E-state index is 0.136. The summed E-state index contributed by atoms with van der Waals surface area (Å²) in [7, 11) is 0. The van der Waals surface area contributed by atoms with Gasteiger partial charge in [-0.25, -0.2) is 14.1 Å². The smallest absolute Gasteiger partial charge is 0.164 e. The second-order valence-corrected chi connectivity index (χ2v) is 3.98. The number of carbonyl (C=O) groups excluding carboxylic acids is 1. The Balaban J connectivity index is 2.19. The van der Waals surface area contributed by atoms with Crippen LogP contribution in [0.5, 0.6) is 5.75 Å². The third kappa shape index (κ3) is 2.96. The van der Waals surface area contributed by atoms with Gasteiger partial charge in [0.25, 0.3) is 0 Å². The van der Waals surface area contributed by atoms with Crippen molar-refractivity contribution in [1.29, 1.82) is 0 Å². The number of benzene rings is 1. The predicted octanol–water partition coefficient (Wildman–Crippen LogP) is 2.22. The van der Waals surface area contributed by atoms with Gasteiger partial charge < -0.3 is 4.74 Å². The molecular formula is C13H14FN3O2. The van der Waals surface area contributed by atoms with Crippen LogP contribution < -0.4 is 4.74 Å². The van der Waals surface area contributed by atoms with Crippen LogP contribution in [0.2, 0.25) is 0 Å². The Hall–Kier alpha value is -2.24. The quantitative estimate of drug-likeness (QED) is 0.776. The van der Waals surface area contributed by atoms with Crippen LogP contribution >= 0.6 is 0 Å². The van der Waals surface area contributed by atoms with Crippen LogP contribution in [-0.2, 0) is 13.2 Å². The molecule has 0 saturated heterocycles. The molecule has 5 nitrogen and oxygen atoms in total. The average Bonchev–Trinajstić information content (AvgIpc) is 2.83. The van der Waals surface area contributed by atoms with Crippen LogP contribution in [0.15, 0.2) is 24.5 Å². The van der Waals surface area contributed by atoms with E-state index < -0.39 is 5.82 Å². The molecule has 0 amide bonds. The van der Waals surface area contributed by atoms with Gasteiger partial charge in [0, 0.05) is 12.6 Å². The zero-order valence-corrected chi connectivity index (χ0v) is 10.8. The summed E-state index contributed by atoms with van der Waals surface area (Å²) in [5.74, 6) is 0.225. The lowest BCUT2D eigenvalue weighted by Gasteiger charge is -2.10. The lowest BCUT2D eigenvalue weighted by atomic mass is 10.1. The number of nitrogens with zero attached hydrogens (tertiary/aromatic N) is 3. The van der Waals surface area contributed by atoms with E-state index in [4.69, 9.17) is 4.74 Å². The van der Waals surface area contributed by atoms with Crippen molar-refractivity contribution in [3.63, 3.8) is 0 Å². The lowest BCUT2D eigenvalue weighted by Crippen LogP contribution is -2.09. The number of ketones is 1. The number of rotatable bonds is 5. The number of aromatic nitrogens is 3. The molecule has 2 rings (SSSR count). The van der Waals surface area contributed by atoms with Gasteiger partial charge in [0.15, 0.2) is 11.6 Å². The molecule has 19 heavy (non-hydrogen) atoms. The van der Waals surface area contributed by atoms with E-state index >= 15 is 0 Å². The molecule has 1 aromatic carbocycles. The monoisotopic (exact) mass is 263 g/mol. The van der Waals surface area contributed by atoms with Gasteiger partial charge in [-0.1, -0.05) is 0 Å². The number of carbonyl (C=O) groups is 1. The number of Topliss-reactive ketones (excluding diaryl/α,β-unsaturated/α-hetero) is 1. The van der Waals surface area contributed by atoms with Gasteiger partial charge in [-0.3, -0.25) is 4.79 Å². The zero-order valence-electron chi connectivity index (χ0n) is 10.8. The minimum Gasteiger partial charge on any atom is -0.485 e. The van der Waals surface area contributed by atoms with Gasteiger partial charge in [-0.2, -0.15) is 5.10 Å². The second kappa shape index (κ2) is 5.60. The fourth-order valence-corrected chi connectivity index (χ4v) is 1.71. The normalized spacial score (nSPS) is 10.5. The van der Waals surface area contributed by atoms with Crippen molar-refractivity contribution in [2.45, 2.75) is 27.0 Å². The highest BCUT2D eigenvalue weighted by molar-refractivity contribution is 5.96. The first-order chi connectivity index (χ1) is 9.11. The fraction of sp³-hybridized carbons (Fsp3) is 0.308. The van der Waals surface area contributed by atoms with Crippen LogP contribution in [0, 0.1) is 5.82 Å². The molecule has 1 heterocycles. The van der Waals surface area contributed by atoms with Crippen LogP contribution in [0.1, 0.15) is 30.0 Å². The number of hydrogen-bond donors (Lipinski definition) is 0. The molecule has 0 aliphatic rings. The van der Waals surface area contributed by atoms with Crippen molar-refractivity contribution in [3.8, 4) is 5.75 Å². The summed E-state index contributed by atoms with van der Waals surface area (Å²) in [6.45, 7) is 4.15. The molecular weight excluding hydrogens is 249 g/mol. The van der Waals surface area contributed by atoms with E-state index in [9.17, 15) is 9.18 Å². The molecule has 1 aromatic heterocycles. The van der Waals surface area contributed by atoms with Crippen LogP contribution in [0.4, 0.5) is 4.39 Å². The molecule has 0 N–H and O–H groups in total. The maximum absolute atomic E-state index is 13.2. The van der Waals surface area contributed by atoms with Crippen LogP contribution in [0.3, 0.4) is 0 Å². The third-order valence-electron chi connectivity index (χ3n) is 2.67. The van der Waals surface area contributed by atoms with Gasteiger partial charge in [0.1, 0.15) is 24.5 Å². The van der Waals surface area contributed by atoms with Gasteiger partial charge in [-0.15, -0.1) is 0 Å². The van der Waals surface area contributed by atoms with Crippen molar-refractivity contribution in [3.05, 3.63) is 41.7 Å². The summed E-state index contributed by atoms with van der Waals surface area (Å²) in [5.41, 5.74) is 0.351. The molecule has 6 heteroatoms. The third-order valence-corrected chi connectivity index (χ3v) is 2.67. The molecule has 0 aliphatic heterocycles. The minimum atomic E-state index is -0.447. The lowest BCUT2D eigenvalue weighted by molar-refractivity contribution is 0.101. The fourth-order valence-electron chi connectivity index (χ4n) is 1.71. The van der Waals surface area contributed by atoms with Crippen molar-refractivity contribution in [2.75, 3.05) is 0 Å². The Morgan fingerprint density at radius 2 is 2.26 bits per heavy atom. The van der Waals surface area contributed by atoms with E-state index in [0.29, 0.717) is 17.9 Å². The maximum Gasteiger partial charge on any atom is 0.164 e. The van der Waals surface area contributed by atoms with Crippen LogP contribution in [-0.4, -0.2) is 20.5 Å². The van der Waals surface area contributed by atoms with E-state index in [0.717, 1.165) is 0 Å². The maximum atomic E-state index is 13.2.